The summed E-state index contributed by atoms with van der Waals surface area (Å²) in [5, 5.41) is 2.69. The van der Waals surface area contributed by atoms with E-state index in [-0.39, 0.29) is 34.2 Å². The smallest absolute Gasteiger partial charge is 0.263 e. The number of hydrogen-bond donors (Lipinski definition) is 1. The Morgan fingerprint density at radius 2 is 1.81 bits per heavy atom. The second-order valence-corrected chi connectivity index (χ2v) is 10.6. The average Bonchev–Trinajstić information content (AvgIpc) is 2.82. The maximum Gasteiger partial charge on any atom is 0.263 e. The van der Waals surface area contributed by atoms with E-state index in [1.807, 2.05) is 6.92 Å². The van der Waals surface area contributed by atoms with Crippen molar-refractivity contribution in [2.24, 2.45) is 0 Å². The molecule has 0 bridgehead atoms. The number of alkyl halides is 2. The molecule has 0 aliphatic heterocycles. The van der Waals surface area contributed by atoms with Crippen molar-refractivity contribution in [1.82, 2.24) is 9.88 Å². The summed E-state index contributed by atoms with van der Waals surface area (Å²) in [7, 11) is -1.82. The quantitative estimate of drug-likeness (QED) is 0.456. The first kappa shape index (κ1) is 27.2. The third kappa shape index (κ3) is 6.06. The summed E-state index contributed by atoms with van der Waals surface area (Å²) >= 11 is 0. The molecule has 192 valence electrons. The van der Waals surface area contributed by atoms with Gasteiger partial charge in [0.25, 0.3) is 12.3 Å². The van der Waals surface area contributed by atoms with Gasteiger partial charge in [0.15, 0.2) is 9.84 Å². The highest BCUT2D eigenvalue weighted by molar-refractivity contribution is 7.90. The van der Waals surface area contributed by atoms with E-state index in [0.717, 1.165) is 6.26 Å². The predicted octanol–water partition coefficient (Wildman–Crippen LogP) is 4.30. The summed E-state index contributed by atoms with van der Waals surface area (Å²) in [6, 6.07) is 11.3. The van der Waals surface area contributed by atoms with Crippen molar-refractivity contribution in [3.8, 4) is 11.1 Å². The zero-order valence-corrected chi connectivity index (χ0v) is 21.2. The van der Waals surface area contributed by atoms with Crippen LogP contribution in [0.2, 0.25) is 0 Å². The van der Waals surface area contributed by atoms with Gasteiger partial charge in [-0.3, -0.25) is 9.59 Å². The number of methoxy groups -OCH3 is 1. The highest BCUT2D eigenvalue weighted by atomic mass is 32.2. The van der Waals surface area contributed by atoms with Crippen LogP contribution >= 0.6 is 0 Å². The van der Waals surface area contributed by atoms with Crippen LogP contribution in [0.3, 0.4) is 0 Å². The average molecular weight is 519 g/mol. The lowest BCUT2D eigenvalue weighted by atomic mass is 9.98. The predicted molar refractivity (Wildman–Crippen MR) is 133 cm³/mol. The van der Waals surface area contributed by atoms with Gasteiger partial charge >= 0.3 is 0 Å². The minimum absolute atomic E-state index is 0.0556. The highest BCUT2D eigenvalue weighted by Crippen LogP contribution is 2.27. The van der Waals surface area contributed by atoms with E-state index in [0.29, 0.717) is 23.4 Å². The summed E-state index contributed by atoms with van der Waals surface area (Å²) in [4.78, 5) is 26.7. The SMILES string of the molecule is COCC(C)n1cc(C(=O)NCc2ccc(S(C)(=O)=O)cc2)c(=O)c(-c2cccc(C(F)F)c2)c1C. The molecule has 0 aliphatic rings. The Morgan fingerprint density at radius 3 is 2.39 bits per heavy atom. The number of halogens is 2. The summed E-state index contributed by atoms with van der Waals surface area (Å²) in [5.74, 6) is -0.642. The van der Waals surface area contributed by atoms with E-state index >= 15 is 0 Å². The third-order valence-electron chi connectivity index (χ3n) is 5.85. The number of benzene rings is 2. The molecule has 36 heavy (non-hydrogen) atoms. The Bertz CT molecular complexity index is 1420. The van der Waals surface area contributed by atoms with E-state index in [1.54, 1.807) is 29.7 Å². The zero-order chi connectivity index (χ0) is 26.6. The largest absolute Gasteiger partial charge is 0.383 e. The van der Waals surface area contributed by atoms with E-state index < -0.39 is 27.6 Å². The highest BCUT2D eigenvalue weighted by Gasteiger charge is 2.22. The lowest BCUT2D eigenvalue weighted by Crippen LogP contribution is -2.31. The van der Waals surface area contributed by atoms with Gasteiger partial charge in [-0.15, -0.1) is 0 Å². The number of sulfone groups is 1. The summed E-state index contributed by atoms with van der Waals surface area (Å²) in [5.41, 5.74) is 0.656. The number of pyridine rings is 1. The molecule has 1 unspecified atom stereocenters. The van der Waals surface area contributed by atoms with Crippen molar-refractivity contribution >= 4 is 15.7 Å². The van der Waals surface area contributed by atoms with Gasteiger partial charge in [0.05, 0.1) is 17.5 Å². The fourth-order valence-electron chi connectivity index (χ4n) is 3.97. The van der Waals surface area contributed by atoms with Gasteiger partial charge in [0.1, 0.15) is 5.56 Å². The molecule has 1 N–H and O–H groups in total. The monoisotopic (exact) mass is 518 g/mol. The molecule has 0 radical (unpaired) electrons. The van der Waals surface area contributed by atoms with E-state index in [4.69, 9.17) is 4.74 Å². The molecule has 0 saturated carbocycles. The summed E-state index contributed by atoms with van der Waals surface area (Å²) in [6.07, 6.45) is -0.157. The molecular weight excluding hydrogens is 490 g/mol. The molecule has 1 amide bonds. The third-order valence-corrected chi connectivity index (χ3v) is 6.98. The number of nitrogens with one attached hydrogen (secondary N) is 1. The van der Waals surface area contributed by atoms with Gasteiger partial charge < -0.3 is 14.6 Å². The van der Waals surface area contributed by atoms with Crippen molar-refractivity contribution in [3.63, 3.8) is 0 Å². The number of ether oxygens (including phenoxy) is 1. The maximum absolute atomic E-state index is 13.5. The minimum Gasteiger partial charge on any atom is -0.383 e. The van der Waals surface area contributed by atoms with Crippen LogP contribution in [-0.2, 0) is 21.1 Å². The van der Waals surface area contributed by atoms with E-state index in [1.165, 1.54) is 43.6 Å². The fraction of sp³-hybridized carbons (Fsp3) is 0.308. The second-order valence-electron chi connectivity index (χ2n) is 8.57. The number of aromatic nitrogens is 1. The van der Waals surface area contributed by atoms with Crippen LogP contribution in [0.1, 0.15) is 46.6 Å². The lowest BCUT2D eigenvalue weighted by Gasteiger charge is -2.22. The molecule has 2 aromatic carbocycles. The summed E-state index contributed by atoms with van der Waals surface area (Å²) in [6.45, 7) is 3.91. The van der Waals surface area contributed by atoms with Crippen molar-refractivity contribution in [3.05, 3.63) is 87.3 Å². The van der Waals surface area contributed by atoms with Crippen molar-refractivity contribution < 1.29 is 26.7 Å². The molecule has 3 rings (SSSR count). The number of nitrogens with zero attached hydrogens (tertiary/aromatic N) is 1. The van der Waals surface area contributed by atoms with Crippen molar-refractivity contribution in [2.75, 3.05) is 20.0 Å². The molecule has 7 nitrogen and oxygen atoms in total. The molecule has 1 heterocycles. The van der Waals surface area contributed by atoms with Crippen LogP contribution in [0, 0.1) is 6.92 Å². The number of rotatable bonds is 9. The van der Waals surface area contributed by atoms with Gasteiger partial charge in [-0.05, 0) is 43.2 Å². The van der Waals surface area contributed by atoms with Gasteiger partial charge in [-0.1, -0.05) is 30.3 Å². The molecule has 3 aromatic rings. The van der Waals surface area contributed by atoms with E-state index in [9.17, 15) is 26.8 Å². The second kappa shape index (κ2) is 11.1. The molecular formula is C26H28F2N2O5S. The standard InChI is InChI=1S/C26H28F2N2O5S/c1-16(15-35-3)30-14-22(26(32)29-13-18-8-10-21(11-9-18)36(4,33)34)24(31)23(17(30)2)19-6-5-7-20(12-19)25(27)28/h5-12,14,16,25H,13,15H2,1-4H3,(H,29,32). The number of carbonyl (C=O) groups is 1. The van der Waals surface area contributed by atoms with Crippen molar-refractivity contribution in [1.29, 1.82) is 0 Å². The van der Waals surface area contributed by atoms with Gasteiger partial charge in [0, 0.05) is 42.9 Å². The van der Waals surface area contributed by atoms with Crippen molar-refractivity contribution in [2.45, 2.75) is 37.8 Å². The number of amides is 1. The maximum atomic E-state index is 13.5. The van der Waals surface area contributed by atoms with Crippen LogP contribution in [0.5, 0.6) is 0 Å². The molecule has 0 aliphatic carbocycles. The first-order chi connectivity index (χ1) is 16.9. The number of carbonyl (C=O) groups excluding carboxylic acids is 1. The lowest BCUT2D eigenvalue weighted by molar-refractivity contribution is 0.0948. The molecule has 10 heteroatoms. The Balaban J connectivity index is 2.02. The van der Waals surface area contributed by atoms with Crippen LogP contribution in [0.25, 0.3) is 11.1 Å². The first-order valence-electron chi connectivity index (χ1n) is 11.1. The van der Waals surface area contributed by atoms with Gasteiger partial charge in [-0.2, -0.15) is 0 Å². The number of hydrogen-bond acceptors (Lipinski definition) is 5. The first-order valence-corrected chi connectivity index (χ1v) is 13.0. The summed E-state index contributed by atoms with van der Waals surface area (Å²) < 4.78 is 56.9. The molecule has 1 atom stereocenters. The zero-order valence-electron chi connectivity index (χ0n) is 20.4. The Kier molecular flexibility index (Phi) is 8.42. The van der Waals surface area contributed by atoms with E-state index in [2.05, 4.69) is 5.32 Å². The van der Waals surface area contributed by atoms with Crippen LogP contribution < -0.4 is 10.7 Å². The van der Waals surface area contributed by atoms with Crippen LogP contribution in [0.4, 0.5) is 8.78 Å². The minimum atomic E-state index is -3.35. The Hall–Kier alpha value is -3.37. The van der Waals surface area contributed by atoms with Crippen LogP contribution in [0.15, 0.2) is 64.4 Å². The molecule has 0 fully saturated rings. The normalized spacial score (nSPS) is 12.5. The Morgan fingerprint density at radius 1 is 1.14 bits per heavy atom. The van der Waals surface area contributed by atoms with Gasteiger partial charge in [-0.25, -0.2) is 17.2 Å². The molecule has 0 saturated heterocycles. The molecule has 0 spiro atoms. The topological polar surface area (TPSA) is 94.5 Å². The van der Waals surface area contributed by atoms with Gasteiger partial charge in [0.2, 0.25) is 5.43 Å². The van der Waals surface area contributed by atoms with Crippen LogP contribution in [-0.4, -0.2) is 38.9 Å². The Labute approximate surface area is 208 Å². The molecule has 1 aromatic heterocycles. The fourth-order valence-corrected chi connectivity index (χ4v) is 4.60.